The van der Waals surface area contributed by atoms with Gasteiger partial charge in [0.1, 0.15) is 5.52 Å². The van der Waals surface area contributed by atoms with Gasteiger partial charge in [-0.1, -0.05) is 28.9 Å². The highest BCUT2D eigenvalue weighted by Gasteiger charge is 2.17. The molecule has 0 spiro atoms. The Morgan fingerprint density at radius 3 is 2.60 bits per heavy atom. The van der Waals surface area contributed by atoms with Crippen LogP contribution in [-0.2, 0) is 0 Å². The van der Waals surface area contributed by atoms with Gasteiger partial charge in [-0.2, -0.15) is 4.68 Å². The zero-order valence-corrected chi connectivity index (χ0v) is 11.4. The van der Waals surface area contributed by atoms with Crippen LogP contribution in [0.15, 0.2) is 48.5 Å². The SMILES string of the molecule is CN(C(=O)n1nnc2ccccc21)c1ccc(Cl)cc1. The van der Waals surface area contributed by atoms with E-state index in [-0.39, 0.29) is 6.03 Å². The molecule has 0 aliphatic heterocycles. The van der Waals surface area contributed by atoms with Crippen LogP contribution in [-0.4, -0.2) is 28.1 Å². The van der Waals surface area contributed by atoms with Crippen molar-refractivity contribution in [2.24, 2.45) is 0 Å². The standard InChI is InChI=1S/C14H11ClN4O/c1-18(11-8-6-10(15)7-9-11)14(20)19-13-5-3-2-4-12(13)16-17-19/h2-9H,1H3. The molecule has 1 aromatic heterocycles. The average molecular weight is 287 g/mol. The molecule has 0 bridgehead atoms. The molecule has 0 fully saturated rings. The Kier molecular flexibility index (Phi) is 3.12. The Morgan fingerprint density at radius 1 is 1.15 bits per heavy atom. The predicted octanol–water partition coefficient (Wildman–Crippen LogP) is 3.19. The monoisotopic (exact) mass is 286 g/mol. The van der Waals surface area contributed by atoms with E-state index in [1.54, 1.807) is 31.3 Å². The number of para-hydroxylation sites is 1. The van der Waals surface area contributed by atoms with E-state index in [9.17, 15) is 4.79 Å². The quantitative estimate of drug-likeness (QED) is 0.690. The van der Waals surface area contributed by atoms with Gasteiger partial charge in [-0.25, -0.2) is 4.79 Å². The zero-order valence-electron chi connectivity index (χ0n) is 10.7. The number of anilines is 1. The molecule has 0 saturated heterocycles. The smallest absolute Gasteiger partial charge is 0.296 e. The van der Waals surface area contributed by atoms with E-state index in [4.69, 9.17) is 11.6 Å². The van der Waals surface area contributed by atoms with Crippen molar-refractivity contribution in [3.05, 3.63) is 53.6 Å². The predicted molar refractivity (Wildman–Crippen MR) is 78.2 cm³/mol. The first kappa shape index (κ1) is 12.6. The molecule has 100 valence electrons. The maximum absolute atomic E-state index is 12.5. The van der Waals surface area contributed by atoms with Gasteiger partial charge in [0.25, 0.3) is 0 Å². The summed E-state index contributed by atoms with van der Waals surface area (Å²) in [7, 11) is 1.68. The van der Waals surface area contributed by atoms with Crippen molar-refractivity contribution in [3.8, 4) is 0 Å². The Morgan fingerprint density at radius 2 is 1.85 bits per heavy atom. The Labute approximate surface area is 120 Å². The van der Waals surface area contributed by atoms with Gasteiger partial charge in [0.15, 0.2) is 0 Å². The van der Waals surface area contributed by atoms with E-state index < -0.39 is 0 Å². The Hall–Kier alpha value is -2.40. The second-order valence-corrected chi connectivity index (χ2v) is 4.74. The number of aromatic nitrogens is 3. The second kappa shape index (κ2) is 4.94. The van der Waals surface area contributed by atoms with E-state index in [2.05, 4.69) is 10.3 Å². The molecule has 1 amide bonds. The molecule has 1 heterocycles. The molecule has 0 N–H and O–H groups in total. The maximum Gasteiger partial charge on any atom is 0.350 e. The minimum atomic E-state index is -0.277. The molecular formula is C14H11ClN4O. The number of rotatable bonds is 1. The second-order valence-electron chi connectivity index (χ2n) is 4.31. The fraction of sp³-hybridized carbons (Fsp3) is 0.0714. The molecule has 6 heteroatoms. The highest BCUT2D eigenvalue weighted by molar-refractivity contribution is 6.30. The maximum atomic E-state index is 12.5. The lowest BCUT2D eigenvalue weighted by Gasteiger charge is -2.16. The van der Waals surface area contributed by atoms with Crippen LogP contribution in [0.5, 0.6) is 0 Å². The Balaban J connectivity index is 1.97. The van der Waals surface area contributed by atoms with Gasteiger partial charge in [0.05, 0.1) is 5.52 Å². The fourth-order valence-electron chi connectivity index (χ4n) is 1.93. The minimum absolute atomic E-state index is 0.277. The highest BCUT2D eigenvalue weighted by Crippen LogP contribution is 2.18. The molecule has 0 radical (unpaired) electrons. The number of amides is 1. The summed E-state index contributed by atoms with van der Waals surface area (Å²) in [6, 6.07) is 14.1. The molecule has 3 rings (SSSR count). The van der Waals surface area contributed by atoms with Crippen LogP contribution in [0.3, 0.4) is 0 Å². The van der Waals surface area contributed by atoms with Gasteiger partial charge in [-0.05, 0) is 36.4 Å². The number of fused-ring (bicyclic) bond motifs is 1. The first-order chi connectivity index (χ1) is 9.66. The van der Waals surface area contributed by atoms with E-state index in [0.29, 0.717) is 16.1 Å². The summed E-state index contributed by atoms with van der Waals surface area (Å²) in [6.07, 6.45) is 0. The lowest BCUT2D eigenvalue weighted by molar-refractivity contribution is 0.246. The summed E-state index contributed by atoms with van der Waals surface area (Å²) in [5.74, 6) is 0. The van der Waals surface area contributed by atoms with Crippen molar-refractivity contribution in [3.63, 3.8) is 0 Å². The largest absolute Gasteiger partial charge is 0.350 e. The minimum Gasteiger partial charge on any atom is -0.296 e. The van der Waals surface area contributed by atoms with Crippen LogP contribution in [0.25, 0.3) is 11.0 Å². The van der Waals surface area contributed by atoms with Crippen molar-refractivity contribution in [2.45, 2.75) is 0 Å². The summed E-state index contributed by atoms with van der Waals surface area (Å²) < 4.78 is 1.28. The number of benzene rings is 2. The Bertz CT molecular complexity index is 766. The van der Waals surface area contributed by atoms with E-state index in [0.717, 1.165) is 5.69 Å². The highest BCUT2D eigenvalue weighted by atomic mass is 35.5. The van der Waals surface area contributed by atoms with E-state index in [1.165, 1.54) is 9.58 Å². The average Bonchev–Trinajstić information content (AvgIpc) is 2.90. The first-order valence-electron chi connectivity index (χ1n) is 6.01. The van der Waals surface area contributed by atoms with Gasteiger partial charge in [0.2, 0.25) is 0 Å². The molecule has 3 aromatic rings. The molecule has 0 unspecified atom stereocenters. The van der Waals surface area contributed by atoms with Gasteiger partial charge in [0, 0.05) is 17.8 Å². The fourth-order valence-corrected chi connectivity index (χ4v) is 2.05. The first-order valence-corrected chi connectivity index (χ1v) is 6.39. The summed E-state index contributed by atoms with van der Waals surface area (Å²) in [6.45, 7) is 0. The molecule has 5 nitrogen and oxygen atoms in total. The number of halogens is 1. The molecule has 0 atom stereocenters. The zero-order chi connectivity index (χ0) is 14.1. The van der Waals surface area contributed by atoms with Crippen LogP contribution in [0.4, 0.5) is 10.5 Å². The molecule has 20 heavy (non-hydrogen) atoms. The van der Waals surface area contributed by atoms with Crippen LogP contribution in [0.1, 0.15) is 0 Å². The number of carbonyl (C=O) groups is 1. The molecule has 2 aromatic carbocycles. The van der Waals surface area contributed by atoms with Crippen LogP contribution >= 0.6 is 11.6 Å². The summed E-state index contributed by atoms with van der Waals surface area (Å²) in [5, 5.41) is 8.51. The van der Waals surface area contributed by atoms with E-state index >= 15 is 0 Å². The summed E-state index contributed by atoms with van der Waals surface area (Å²) >= 11 is 5.84. The lowest BCUT2D eigenvalue weighted by atomic mass is 10.3. The van der Waals surface area contributed by atoms with Crippen molar-refractivity contribution >= 4 is 34.4 Å². The van der Waals surface area contributed by atoms with Crippen molar-refractivity contribution < 1.29 is 4.79 Å². The van der Waals surface area contributed by atoms with Gasteiger partial charge >= 0.3 is 6.03 Å². The van der Waals surface area contributed by atoms with Crippen LogP contribution in [0, 0.1) is 0 Å². The molecular weight excluding hydrogens is 276 g/mol. The molecule has 0 aliphatic rings. The van der Waals surface area contributed by atoms with Crippen LogP contribution in [0.2, 0.25) is 5.02 Å². The number of carbonyl (C=O) groups excluding carboxylic acids is 1. The number of hydrogen-bond donors (Lipinski definition) is 0. The summed E-state index contributed by atoms with van der Waals surface area (Å²) in [4.78, 5) is 14.0. The van der Waals surface area contributed by atoms with Gasteiger partial charge < -0.3 is 0 Å². The number of nitrogens with zero attached hydrogens (tertiary/aromatic N) is 4. The summed E-state index contributed by atoms with van der Waals surface area (Å²) in [5.41, 5.74) is 2.10. The van der Waals surface area contributed by atoms with Crippen molar-refractivity contribution in [1.82, 2.24) is 15.0 Å². The molecule has 0 aliphatic carbocycles. The van der Waals surface area contributed by atoms with Crippen LogP contribution < -0.4 is 4.90 Å². The normalized spacial score (nSPS) is 10.7. The van der Waals surface area contributed by atoms with Crippen molar-refractivity contribution in [1.29, 1.82) is 0 Å². The number of hydrogen-bond acceptors (Lipinski definition) is 3. The topological polar surface area (TPSA) is 51.0 Å². The third-order valence-corrected chi connectivity index (χ3v) is 3.29. The van der Waals surface area contributed by atoms with E-state index in [1.807, 2.05) is 24.3 Å². The molecule has 0 saturated carbocycles. The van der Waals surface area contributed by atoms with Crippen molar-refractivity contribution in [2.75, 3.05) is 11.9 Å². The third-order valence-electron chi connectivity index (χ3n) is 3.03. The van der Waals surface area contributed by atoms with Gasteiger partial charge in [-0.15, -0.1) is 5.10 Å². The third kappa shape index (κ3) is 2.12. The lowest BCUT2D eigenvalue weighted by Crippen LogP contribution is -2.31. The van der Waals surface area contributed by atoms with Gasteiger partial charge in [-0.3, -0.25) is 4.90 Å².